The third kappa shape index (κ3) is 3.21. The number of fused-ring (bicyclic) bond motifs is 1. The quantitative estimate of drug-likeness (QED) is 0.773. The number of likely N-dealkylation sites (tertiary alicyclic amines) is 1. The standard InChI is InChI=1S/C21H23FN4O/c1-14-18-8-11-26(17-4-2-15(12-23)3-5-17)20(18)24-13-19(14)21(27)25-9-6-16(22)7-10-25/h2-5,8,11,13,16H,6-7,9-10,12,23H2,1H3. The normalized spacial score (nSPS) is 15.4. The lowest BCUT2D eigenvalue weighted by atomic mass is 10.0. The van der Waals surface area contributed by atoms with Crippen LogP contribution in [0.2, 0.25) is 0 Å². The summed E-state index contributed by atoms with van der Waals surface area (Å²) in [5, 5.41) is 0.948. The zero-order chi connectivity index (χ0) is 19.0. The van der Waals surface area contributed by atoms with Crippen LogP contribution >= 0.6 is 0 Å². The fraction of sp³-hybridized carbons (Fsp3) is 0.333. The molecule has 0 saturated carbocycles. The van der Waals surface area contributed by atoms with Crippen molar-refractivity contribution < 1.29 is 9.18 Å². The van der Waals surface area contributed by atoms with Crippen molar-refractivity contribution in [3.05, 3.63) is 59.4 Å². The SMILES string of the molecule is Cc1c(C(=O)N2CCC(F)CC2)cnc2c1ccn2-c1ccc(CN)cc1. The van der Waals surface area contributed by atoms with Gasteiger partial charge in [0, 0.05) is 43.1 Å². The van der Waals surface area contributed by atoms with Crippen molar-refractivity contribution in [3.63, 3.8) is 0 Å². The van der Waals surface area contributed by atoms with Crippen LogP contribution in [0.25, 0.3) is 16.7 Å². The number of carbonyl (C=O) groups excluding carboxylic acids is 1. The molecule has 3 heterocycles. The number of amides is 1. The van der Waals surface area contributed by atoms with E-state index in [2.05, 4.69) is 4.98 Å². The molecule has 0 atom stereocenters. The zero-order valence-electron chi connectivity index (χ0n) is 15.4. The van der Waals surface area contributed by atoms with Crippen LogP contribution in [-0.2, 0) is 6.54 Å². The lowest BCUT2D eigenvalue weighted by molar-refractivity contribution is 0.0666. The average molecular weight is 366 g/mol. The van der Waals surface area contributed by atoms with E-state index in [1.807, 2.05) is 48.0 Å². The first-order valence-electron chi connectivity index (χ1n) is 9.28. The van der Waals surface area contributed by atoms with Gasteiger partial charge in [-0.3, -0.25) is 4.79 Å². The molecule has 1 aromatic carbocycles. The molecular weight excluding hydrogens is 343 g/mol. The van der Waals surface area contributed by atoms with E-state index in [1.165, 1.54) is 0 Å². The number of halogens is 1. The maximum atomic E-state index is 13.4. The molecule has 1 amide bonds. The van der Waals surface area contributed by atoms with Crippen molar-refractivity contribution in [2.45, 2.75) is 32.5 Å². The van der Waals surface area contributed by atoms with Crippen molar-refractivity contribution >= 4 is 16.9 Å². The minimum absolute atomic E-state index is 0.0613. The molecule has 0 aliphatic carbocycles. The minimum atomic E-state index is -0.796. The molecule has 6 heteroatoms. The number of hydrogen-bond acceptors (Lipinski definition) is 3. The number of alkyl halides is 1. The fourth-order valence-corrected chi connectivity index (χ4v) is 3.65. The molecule has 27 heavy (non-hydrogen) atoms. The van der Waals surface area contributed by atoms with Gasteiger partial charge in [0.25, 0.3) is 5.91 Å². The largest absolute Gasteiger partial charge is 0.338 e. The van der Waals surface area contributed by atoms with Crippen molar-refractivity contribution in [1.82, 2.24) is 14.5 Å². The summed E-state index contributed by atoms with van der Waals surface area (Å²) in [4.78, 5) is 19.2. The summed E-state index contributed by atoms with van der Waals surface area (Å²) in [5.41, 5.74) is 10.1. The maximum Gasteiger partial charge on any atom is 0.255 e. The molecule has 1 saturated heterocycles. The second kappa shape index (κ2) is 7.12. The third-order valence-corrected chi connectivity index (χ3v) is 5.38. The molecular formula is C21H23FN4O. The number of hydrogen-bond donors (Lipinski definition) is 1. The first-order valence-corrected chi connectivity index (χ1v) is 9.28. The number of pyridine rings is 1. The van der Waals surface area contributed by atoms with Gasteiger partial charge in [-0.15, -0.1) is 0 Å². The van der Waals surface area contributed by atoms with Gasteiger partial charge in [0.1, 0.15) is 11.8 Å². The van der Waals surface area contributed by atoms with Gasteiger partial charge in [-0.25, -0.2) is 9.37 Å². The van der Waals surface area contributed by atoms with Crippen LogP contribution in [0.3, 0.4) is 0 Å². The molecule has 0 bridgehead atoms. The highest BCUT2D eigenvalue weighted by atomic mass is 19.1. The summed E-state index contributed by atoms with van der Waals surface area (Å²) >= 11 is 0. The van der Waals surface area contributed by atoms with E-state index >= 15 is 0 Å². The van der Waals surface area contributed by atoms with Crippen molar-refractivity contribution in [3.8, 4) is 5.69 Å². The van der Waals surface area contributed by atoms with E-state index in [0.29, 0.717) is 38.0 Å². The molecule has 1 fully saturated rings. The van der Waals surface area contributed by atoms with Crippen LogP contribution < -0.4 is 5.73 Å². The number of rotatable bonds is 3. The average Bonchev–Trinajstić information content (AvgIpc) is 3.13. The van der Waals surface area contributed by atoms with E-state index in [0.717, 1.165) is 27.8 Å². The molecule has 4 rings (SSSR count). The van der Waals surface area contributed by atoms with Crippen molar-refractivity contribution in [2.24, 2.45) is 5.73 Å². The number of carbonyl (C=O) groups is 1. The Labute approximate surface area is 157 Å². The number of benzene rings is 1. The van der Waals surface area contributed by atoms with Gasteiger partial charge in [0.05, 0.1) is 5.56 Å². The Bertz CT molecular complexity index is 972. The monoisotopic (exact) mass is 366 g/mol. The second-order valence-electron chi connectivity index (χ2n) is 7.06. The summed E-state index contributed by atoms with van der Waals surface area (Å²) in [5.74, 6) is -0.0613. The maximum absolute atomic E-state index is 13.4. The predicted octanol–water partition coefficient (Wildman–Crippen LogP) is 3.37. The molecule has 2 N–H and O–H groups in total. The summed E-state index contributed by atoms with van der Waals surface area (Å²) in [6.45, 7) is 3.38. The molecule has 1 aliphatic rings. The van der Waals surface area contributed by atoms with E-state index in [1.54, 1.807) is 11.1 Å². The summed E-state index contributed by atoms with van der Waals surface area (Å²) < 4.78 is 15.4. The highest BCUT2D eigenvalue weighted by molar-refractivity contribution is 5.99. The topological polar surface area (TPSA) is 64.2 Å². The first-order chi connectivity index (χ1) is 13.1. The Balaban J connectivity index is 1.68. The van der Waals surface area contributed by atoms with Crippen LogP contribution in [0.4, 0.5) is 4.39 Å². The van der Waals surface area contributed by atoms with E-state index in [-0.39, 0.29) is 5.91 Å². The van der Waals surface area contributed by atoms with Gasteiger partial charge in [-0.1, -0.05) is 12.1 Å². The van der Waals surface area contributed by atoms with E-state index in [4.69, 9.17) is 5.73 Å². The molecule has 0 unspecified atom stereocenters. The first kappa shape index (κ1) is 17.7. The van der Waals surface area contributed by atoms with Crippen LogP contribution in [0, 0.1) is 6.92 Å². The van der Waals surface area contributed by atoms with Gasteiger partial charge in [0.15, 0.2) is 0 Å². The highest BCUT2D eigenvalue weighted by Crippen LogP contribution is 2.26. The molecule has 3 aromatic rings. The van der Waals surface area contributed by atoms with Gasteiger partial charge in [-0.05, 0) is 49.1 Å². The summed E-state index contributed by atoms with van der Waals surface area (Å²) in [6.07, 6.45) is 3.64. The molecule has 0 spiro atoms. The Kier molecular flexibility index (Phi) is 4.66. The Morgan fingerprint density at radius 1 is 1.22 bits per heavy atom. The number of aryl methyl sites for hydroxylation is 1. The van der Waals surface area contributed by atoms with Crippen LogP contribution in [0.5, 0.6) is 0 Å². The van der Waals surface area contributed by atoms with Gasteiger partial charge >= 0.3 is 0 Å². The number of piperidine rings is 1. The smallest absolute Gasteiger partial charge is 0.255 e. The zero-order valence-corrected chi connectivity index (χ0v) is 15.4. The van der Waals surface area contributed by atoms with E-state index < -0.39 is 6.17 Å². The van der Waals surface area contributed by atoms with Crippen LogP contribution in [-0.4, -0.2) is 39.6 Å². The fourth-order valence-electron chi connectivity index (χ4n) is 3.65. The van der Waals surface area contributed by atoms with Crippen molar-refractivity contribution in [2.75, 3.05) is 13.1 Å². The van der Waals surface area contributed by atoms with E-state index in [9.17, 15) is 9.18 Å². The molecule has 1 aliphatic heterocycles. The number of aromatic nitrogens is 2. The second-order valence-corrected chi connectivity index (χ2v) is 7.06. The van der Waals surface area contributed by atoms with Crippen LogP contribution in [0.1, 0.15) is 34.3 Å². The lowest BCUT2D eigenvalue weighted by Crippen LogP contribution is -2.39. The van der Waals surface area contributed by atoms with Gasteiger partial charge in [-0.2, -0.15) is 0 Å². The third-order valence-electron chi connectivity index (χ3n) is 5.38. The Morgan fingerprint density at radius 3 is 2.59 bits per heavy atom. The summed E-state index contributed by atoms with van der Waals surface area (Å²) in [7, 11) is 0. The number of nitrogens with two attached hydrogens (primary N) is 1. The highest BCUT2D eigenvalue weighted by Gasteiger charge is 2.25. The number of nitrogens with zero attached hydrogens (tertiary/aromatic N) is 3. The minimum Gasteiger partial charge on any atom is -0.338 e. The van der Waals surface area contributed by atoms with Gasteiger partial charge in [0.2, 0.25) is 0 Å². The van der Waals surface area contributed by atoms with Gasteiger partial charge < -0.3 is 15.2 Å². The molecule has 2 aromatic heterocycles. The lowest BCUT2D eigenvalue weighted by Gasteiger charge is -2.29. The predicted molar refractivity (Wildman–Crippen MR) is 104 cm³/mol. The molecule has 0 radical (unpaired) electrons. The van der Waals surface area contributed by atoms with Crippen LogP contribution in [0.15, 0.2) is 42.7 Å². The molecule has 140 valence electrons. The summed E-state index contributed by atoms with van der Waals surface area (Å²) in [6, 6.07) is 10.0. The Morgan fingerprint density at radius 2 is 1.93 bits per heavy atom. The van der Waals surface area contributed by atoms with Crippen molar-refractivity contribution in [1.29, 1.82) is 0 Å². The molecule has 5 nitrogen and oxygen atoms in total. The Hall–Kier alpha value is -2.73.